The lowest BCUT2D eigenvalue weighted by Crippen LogP contribution is -2.02. The van der Waals surface area contributed by atoms with Gasteiger partial charge in [0.1, 0.15) is 4.21 Å². The van der Waals surface area contributed by atoms with Crippen molar-refractivity contribution in [2.24, 2.45) is 0 Å². The van der Waals surface area contributed by atoms with E-state index in [0.29, 0.717) is 4.21 Å². The SMILES string of the molecule is O=S(=O)(CC=CCCc1ccccc1)c1cncs1. The molecule has 100 valence electrons. The molecule has 0 aliphatic heterocycles. The highest BCUT2D eigenvalue weighted by molar-refractivity contribution is 7.93. The molecule has 2 aromatic rings. The van der Waals surface area contributed by atoms with E-state index < -0.39 is 9.84 Å². The van der Waals surface area contributed by atoms with Crippen LogP contribution in [0.1, 0.15) is 12.0 Å². The largest absolute Gasteiger partial charge is 0.252 e. The number of allylic oxidation sites excluding steroid dienone is 1. The maximum Gasteiger partial charge on any atom is 0.192 e. The third-order valence-electron chi connectivity index (χ3n) is 2.64. The molecule has 0 spiro atoms. The van der Waals surface area contributed by atoms with E-state index in [0.717, 1.165) is 24.2 Å². The van der Waals surface area contributed by atoms with Crippen molar-refractivity contribution in [1.29, 1.82) is 0 Å². The zero-order valence-corrected chi connectivity index (χ0v) is 12.0. The van der Waals surface area contributed by atoms with Crippen molar-refractivity contribution in [2.75, 3.05) is 5.75 Å². The topological polar surface area (TPSA) is 47.0 Å². The van der Waals surface area contributed by atoms with E-state index in [1.807, 2.05) is 24.3 Å². The van der Waals surface area contributed by atoms with Gasteiger partial charge in [-0.05, 0) is 18.4 Å². The minimum atomic E-state index is -3.19. The fraction of sp³-hybridized carbons (Fsp3) is 0.214. The van der Waals surface area contributed by atoms with Crippen LogP contribution in [0.5, 0.6) is 0 Å². The van der Waals surface area contributed by atoms with E-state index >= 15 is 0 Å². The minimum absolute atomic E-state index is 0.0456. The first-order valence-electron chi connectivity index (χ1n) is 5.99. The van der Waals surface area contributed by atoms with Gasteiger partial charge in [-0.25, -0.2) is 8.42 Å². The Morgan fingerprint density at radius 2 is 1.95 bits per heavy atom. The lowest BCUT2D eigenvalue weighted by molar-refractivity contribution is 0.600. The van der Waals surface area contributed by atoms with Crippen LogP contribution in [0.15, 0.2) is 58.4 Å². The quantitative estimate of drug-likeness (QED) is 0.769. The Labute approximate surface area is 117 Å². The highest BCUT2D eigenvalue weighted by Crippen LogP contribution is 2.15. The summed E-state index contributed by atoms with van der Waals surface area (Å²) in [6.07, 6.45) is 6.82. The third-order valence-corrected chi connectivity index (χ3v) is 5.61. The third kappa shape index (κ3) is 4.29. The van der Waals surface area contributed by atoms with Crippen LogP contribution in [0, 0.1) is 0 Å². The number of hydrogen-bond acceptors (Lipinski definition) is 4. The first kappa shape index (κ1) is 14.0. The van der Waals surface area contributed by atoms with Gasteiger partial charge in [0.15, 0.2) is 9.84 Å². The molecular weight excluding hydrogens is 278 g/mol. The van der Waals surface area contributed by atoms with Gasteiger partial charge in [0, 0.05) is 0 Å². The van der Waals surface area contributed by atoms with Gasteiger partial charge < -0.3 is 0 Å². The van der Waals surface area contributed by atoms with Gasteiger partial charge in [0.25, 0.3) is 0 Å². The van der Waals surface area contributed by atoms with Crippen LogP contribution >= 0.6 is 11.3 Å². The van der Waals surface area contributed by atoms with Crippen molar-refractivity contribution in [1.82, 2.24) is 4.98 Å². The summed E-state index contributed by atoms with van der Waals surface area (Å²) in [4.78, 5) is 3.79. The van der Waals surface area contributed by atoms with E-state index in [4.69, 9.17) is 0 Å². The molecule has 0 saturated heterocycles. The number of thiazole rings is 1. The van der Waals surface area contributed by atoms with Crippen molar-refractivity contribution >= 4 is 21.2 Å². The molecule has 0 aliphatic carbocycles. The molecule has 1 aromatic heterocycles. The Hall–Kier alpha value is -1.46. The Morgan fingerprint density at radius 3 is 2.63 bits per heavy atom. The van der Waals surface area contributed by atoms with E-state index in [1.165, 1.54) is 17.3 Å². The maximum atomic E-state index is 11.8. The summed E-state index contributed by atoms with van der Waals surface area (Å²) in [6.45, 7) is 0. The van der Waals surface area contributed by atoms with Crippen LogP contribution < -0.4 is 0 Å². The van der Waals surface area contributed by atoms with Gasteiger partial charge in [-0.1, -0.05) is 42.5 Å². The number of rotatable bonds is 6. The summed E-state index contributed by atoms with van der Waals surface area (Å²) >= 11 is 1.16. The van der Waals surface area contributed by atoms with Crippen molar-refractivity contribution in [3.05, 3.63) is 59.8 Å². The molecule has 0 aliphatic rings. The number of hydrogen-bond donors (Lipinski definition) is 0. The second-order valence-corrected chi connectivity index (χ2v) is 7.24. The van der Waals surface area contributed by atoms with Crippen molar-refractivity contribution < 1.29 is 8.42 Å². The van der Waals surface area contributed by atoms with Gasteiger partial charge in [-0.3, -0.25) is 4.98 Å². The number of nitrogens with zero attached hydrogens (tertiary/aromatic N) is 1. The molecule has 0 fully saturated rings. The molecule has 1 heterocycles. The molecule has 0 bridgehead atoms. The van der Waals surface area contributed by atoms with E-state index in [1.54, 1.807) is 6.08 Å². The molecule has 0 unspecified atom stereocenters. The molecule has 0 amide bonds. The lowest BCUT2D eigenvalue weighted by atomic mass is 10.1. The summed E-state index contributed by atoms with van der Waals surface area (Å²) in [5, 5.41) is 0. The Morgan fingerprint density at radius 1 is 1.16 bits per heavy atom. The van der Waals surface area contributed by atoms with Crippen molar-refractivity contribution in [2.45, 2.75) is 17.1 Å². The fourth-order valence-electron chi connectivity index (χ4n) is 1.65. The fourth-order valence-corrected chi connectivity index (χ4v) is 3.69. The maximum absolute atomic E-state index is 11.8. The Balaban J connectivity index is 1.81. The Kier molecular flexibility index (Phi) is 4.87. The van der Waals surface area contributed by atoms with Crippen LogP contribution in [0.3, 0.4) is 0 Å². The second kappa shape index (κ2) is 6.63. The van der Waals surface area contributed by atoms with Gasteiger partial charge >= 0.3 is 0 Å². The second-order valence-electron chi connectivity index (χ2n) is 4.10. The molecule has 0 N–H and O–H groups in total. The predicted octanol–water partition coefficient (Wildman–Crippen LogP) is 3.11. The van der Waals surface area contributed by atoms with Crippen LogP contribution in [-0.2, 0) is 16.3 Å². The predicted molar refractivity (Wildman–Crippen MR) is 78.1 cm³/mol. The number of benzene rings is 1. The highest BCUT2D eigenvalue weighted by Gasteiger charge is 2.13. The monoisotopic (exact) mass is 293 g/mol. The molecule has 0 saturated carbocycles. The molecule has 19 heavy (non-hydrogen) atoms. The van der Waals surface area contributed by atoms with Gasteiger partial charge in [-0.2, -0.15) is 0 Å². The molecule has 0 atom stereocenters. The zero-order valence-electron chi connectivity index (χ0n) is 10.4. The summed E-state index contributed by atoms with van der Waals surface area (Å²) in [5.41, 5.74) is 2.80. The minimum Gasteiger partial charge on any atom is -0.252 e. The average molecular weight is 293 g/mol. The molecule has 2 rings (SSSR count). The Bertz CT molecular complexity index is 617. The lowest BCUT2D eigenvalue weighted by Gasteiger charge is -1.97. The summed E-state index contributed by atoms with van der Waals surface area (Å²) in [7, 11) is -3.19. The zero-order chi connectivity index (χ0) is 13.6. The van der Waals surface area contributed by atoms with E-state index in [9.17, 15) is 8.42 Å². The van der Waals surface area contributed by atoms with Gasteiger partial charge in [0.2, 0.25) is 0 Å². The number of aromatic nitrogens is 1. The molecule has 3 nitrogen and oxygen atoms in total. The molecule has 5 heteroatoms. The summed E-state index contributed by atoms with van der Waals surface area (Å²) in [6, 6.07) is 10.1. The van der Waals surface area contributed by atoms with Gasteiger partial charge in [-0.15, -0.1) is 11.3 Å². The normalized spacial score (nSPS) is 12.0. The first-order chi connectivity index (χ1) is 9.18. The van der Waals surface area contributed by atoms with E-state index in [2.05, 4.69) is 17.1 Å². The smallest absolute Gasteiger partial charge is 0.192 e. The van der Waals surface area contributed by atoms with Crippen LogP contribution in [0.4, 0.5) is 0 Å². The van der Waals surface area contributed by atoms with Crippen LogP contribution in [0.25, 0.3) is 0 Å². The number of aryl methyl sites for hydroxylation is 1. The van der Waals surface area contributed by atoms with E-state index in [-0.39, 0.29) is 5.75 Å². The van der Waals surface area contributed by atoms with Crippen molar-refractivity contribution in [3.63, 3.8) is 0 Å². The van der Waals surface area contributed by atoms with Crippen molar-refractivity contribution in [3.8, 4) is 0 Å². The average Bonchev–Trinajstić information content (AvgIpc) is 2.94. The van der Waals surface area contributed by atoms with Gasteiger partial charge in [0.05, 0.1) is 17.5 Å². The molecule has 0 radical (unpaired) electrons. The standard InChI is InChI=1S/C14H15NO2S2/c16-19(17,14-11-15-12-18-14)10-6-2-5-9-13-7-3-1-4-8-13/h1-4,6-8,11-12H,5,9-10H2. The van der Waals surface area contributed by atoms with Crippen LogP contribution in [-0.4, -0.2) is 19.2 Å². The summed E-state index contributed by atoms with van der Waals surface area (Å²) < 4.78 is 24.0. The highest BCUT2D eigenvalue weighted by atomic mass is 32.2. The first-order valence-corrected chi connectivity index (χ1v) is 8.52. The molecule has 1 aromatic carbocycles. The van der Waals surface area contributed by atoms with Crippen LogP contribution in [0.2, 0.25) is 0 Å². The molecular formula is C14H15NO2S2. The summed E-state index contributed by atoms with van der Waals surface area (Å²) in [5.74, 6) is 0.0456. The number of sulfone groups is 1.